The van der Waals surface area contributed by atoms with E-state index in [-0.39, 0.29) is 17.2 Å². The Morgan fingerprint density at radius 1 is 1.18 bits per heavy atom. The van der Waals surface area contributed by atoms with Crippen molar-refractivity contribution < 1.29 is 4.79 Å². The van der Waals surface area contributed by atoms with Crippen LogP contribution < -0.4 is 10.7 Å². The molecule has 1 amide bonds. The Kier molecular flexibility index (Phi) is 5.34. The Morgan fingerprint density at radius 2 is 2.00 bits per heavy atom. The van der Waals surface area contributed by atoms with E-state index in [1.54, 1.807) is 0 Å². The molecule has 2 N–H and O–H groups in total. The van der Waals surface area contributed by atoms with Crippen molar-refractivity contribution in [2.24, 2.45) is 0 Å². The first-order chi connectivity index (χ1) is 13.7. The lowest BCUT2D eigenvalue weighted by Crippen LogP contribution is -2.41. The molecule has 0 spiro atoms. The summed E-state index contributed by atoms with van der Waals surface area (Å²) in [4.78, 5) is 13.2. The van der Waals surface area contributed by atoms with Crippen molar-refractivity contribution >= 4 is 23.4 Å². The minimum absolute atomic E-state index is 0.0526. The summed E-state index contributed by atoms with van der Waals surface area (Å²) in [5.41, 5.74) is 6.45. The molecule has 28 heavy (non-hydrogen) atoms. The summed E-state index contributed by atoms with van der Waals surface area (Å²) in [6.45, 7) is 4.13. The summed E-state index contributed by atoms with van der Waals surface area (Å²) in [6.07, 6.45) is 1.82. The van der Waals surface area contributed by atoms with Gasteiger partial charge in [0.15, 0.2) is 5.82 Å². The van der Waals surface area contributed by atoms with Gasteiger partial charge in [-0.1, -0.05) is 61.2 Å². The summed E-state index contributed by atoms with van der Waals surface area (Å²) in [6, 6.07) is 17.7. The molecule has 0 radical (unpaired) electrons. The molecular formula is C21H23N5OS. The summed E-state index contributed by atoms with van der Waals surface area (Å²) >= 11 is 1.45. The lowest BCUT2D eigenvalue weighted by molar-refractivity contribution is -0.116. The van der Waals surface area contributed by atoms with Crippen molar-refractivity contribution in [3.63, 3.8) is 0 Å². The maximum atomic E-state index is 13.2. The van der Waals surface area contributed by atoms with Gasteiger partial charge in [-0.05, 0) is 36.6 Å². The molecule has 3 aromatic rings. The average Bonchev–Trinajstić information content (AvgIpc) is 3.10. The molecule has 1 aliphatic heterocycles. The Bertz CT molecular complexity index is 972. The topological polar surface area (TPSA) is 71.8 Å². The first-order valence-electron chi connectivity index (χ1n) is 9.45. The van der Waals surface area contributed by atoms with Gasteiger partial charge in [-0.3, -0.25) is 4.79 Å². The number of amides is 1. The highest BCUT2D eigenvalue weighted by molar-refractivity contribution is 8.00. The molecule has 0 bridgehead atoms. The van der Waals surface area contributed by atoms with Crippen molar-refractivity contribution in [1.82, 2.24) is 14.9 Å². The maximum absolute atomic E-state index is 13.2. The van der Waals surface area contributed by atoms with Gasteiger partial charge in [-0.25, -0.2) is 4.68 Å². The maximum Gasteiger partial charge on any atom is 0.240 e. The monoisotopic (exact) mass is 393 g/mol. The van der Waals surface area contributed by atoms with Gasteiger partial charge >= 0.3 is 0 Å². The van der Waals surface area contributed by atoms with Crippen LogP contribution in [0.1, 0.15) is 36.3 Å². The van der Waals surface area contributed by atoms with Crippen LogP contribution in [0.25, 0.3) is 0 Å². The minimum atomic E-state index is -0.367. The van der Waals surface area contributed by atoms with Crippen LogP contribution in [-0.2, 0) is 11.2 Å². The number of carbonyl (C=O) groups is 1. The van der Waals surface area contributed by atoms with E-state index in [0.29, 0.717) is 0 Å². The molecule has 1 aromatic heterocycles. The van der Waals surface area contributed by atoms with Crippen LogP contribution in [-0.4, -0.2) is 26.0 Å². The van der Waals surface area contributed by atoms with Gasteiger partial charge in [0, 0.05) is 12.1 Å². The molecule has 6 nitrogen and oxygen atoms in total. The molecule has 2 heterocycles. The largest absolute Gasteiger partial charge is 0.325 e. The Balaban J connectivity index is 1.65. The highest BCUT2D eigenvalue weighted by atomic mass is 32.2. The first-order valence-corrected chi connectivity index (χ1v) is 10.3. The van der Waals surface area contributed by atoms with Gasteiger partial charge in [-0.15, -0.1) is 10.2 Å². The highest BCUT2D eigenvalue weighted by Crippen LogP contribution is 2.37. The Morgan fingerprint density at radius 3 is 2.75 bits per heavy atom. The third kappa shape index (κ3) is 3.75. The zero-order valence-electron chi connectivity index (χ0n) is 15.9. The van der Waals surface area contributed by atoms with Crippen LogP contribution in [0.2, 0.25) is 0 Å². The number of rotatable bonds is 5. The normalized spacial score (nSPS) is 18.2. The molecule has 0 aliphatic carbocycles. The molecule has 0 fully saturated rings. The van der Waals surface area contributed by atoms with Crippen LogP contribution in [0.5, 0.6) is 0 Å². The molecular weight excluding hydrogens is 370 g/mol. The van der Waals surface area contributed by atoms with Crippen LogP contribution in [0.4, 0.5) is 5.69 Å². The molecule has 1 aliphatic rings. The van der Waals surface area contributed by atoms with Crippen LogP contribution in [0.15, 0.2) is 59.8 Å². The van der Waals surface area contributed by atoms with E-state index in [2.05, 4.69) is 27.9 Å². The second-order valence-electron chi connectivity index (χ2n) is 6.90. The molecule has 4 rings (SSSR count). The van der Waals surface area contributed by atoms with Crippen molar-refractivity contribution in [2.75, 3.05) is 10.7 Å². The summed E-state index contributed by atoms with van der Waals surface area (Å²) < 4.78 is 1.93. The summed E-state index contributed by atoms with van der Waals surface area (Å²) in [5, 5.41) is 12.0. The van der Waals surface area contributed by atoms with Crippen molar-refractivity contribution in [2.45, 2.75) is 43.1 Å². The average molecular weight is 394 g/mol. The van der Waals surface area contributed by atoms with Crippen LogP contribution in [0, 0.1) is 6.92 Å². The number of anilines is 1. The molecule has 2 unspecified atom stereocenters. The third-order valence-corrected chi connectivity index (χ3v) is 5.90. The number of aromatic nitrogens is 3. The zero-order valence-corrected chi connectivity index (χ0v) is 16.7. The number of thioether (sulfide) groups is 1. The van der Waals surface area contributed by atoms with E-state index in [4.69, 9.17) is 0 Å². The fourth-order valence-corrected chi connectivity index (χ4v) is 4.43. The van der Waals surface area contributed by atoms with Crippen LogP contribution in [0.3, 0.4) is 0 Å². The van der Waals surface area contributed by atoms with Gasteiger partial charge in [-0.2, -0.15) is 0 Å². The SMILES string of the molecule is CCCc1nnc2n1NC(c1ccccc1)C(C(=O)Nc1cccc(C)c1)S2. The molecule has 2 atom stereocenters. The van der Waals surface area contributed by atoms with E-state index in [1.165, 1.54) is 11.8 Å². The second kappa shape index (κ2) is 8.06. The number of hydrogen-bond acceptors (Lipinski definition) is 5. The van der Waals surface area contributed by atoms with E-state index >= 15 is 0 Å². The van der Waals surface area contributed by atoms with Crippen molar-refractivity contribution in [3.8, 4) is 0 Å². The van der Waals surface area contributed by atoms with Gasteiger partial charge in [0.25, 0.3) is 0 Å². The quantitative estimate of drug-likeness (QED) is 0.687. The zero-order chi connectivity index (χ0) is 19.5. The predicted octanol–water partition coefficient (Wildman–Crippen LogP) is 3.94. The highest BCUT2D eigenvalue weighted by Gasteiger charge is 2.37. The van der Waals surface area contributed by atoms with Gasteiger partial charge in [0.2, 0.25) is 11.1 Å². The summed E-state index contributed by atoms with van der Waals surface area (Å²) in [5.74, 6) is 0.840. The summed E-state index contributed by atoms with van der Waals surface area (Å²) in [7, 11) is 0. The van der Waals surface area contributed by atoms with Crippen molar-refractivity contribution in [1.29, 1.82) is 0 Å². The van der Waals surface area contributed by atoms with Crippen molar-refractivity contribution in [3.05, 3.63) is 71.5 Å². The number of aryl methyl sites for hydroxylation is 2. The lowest BCUT2D eigenvalue weighted by atomic mass is 10.0. The predicted molar refractivity (Wildman–Crippen MR) is 112 cm³/mol. The first kappa shape index (κ1) is 18.6. The van der Waals surface area contributed by atoms with E-state index in [0.717, 1.165) is 40.6 Å². The fourth-order valence-electron chi connectivity index (χ4n) is 3.33. The van der Waals surface area contributed by atoms with E-state index in [9.17, 15) is 4.79 Å². The molecule has 144 valence electrons. The number of nitrogens with zero attached hydrogens (tertiary/aromatic N) is 3. The number of carbonyl (C=O) groups excluding carboxylic acids is 1. The van der Waals surface area contributed by atoms with E-state index in [1.807, 2.05) is 66.2 Å². The number of nitrogens with one attached hydrogen (secondary N) is 2. The standard InChI is InChI=1S/C21H23N5OS/c1-3-8-17-23-24-21-26(17)25-18(15-10-5-4-6-11-15)19(28-21)20(27)22-16-12-7-9-14(2)13-16/h4-7,9-13,18-19,25H,3,8H2,1-2H3,(H,22,27). The lowest BCUT2D eigenvalue weighted by Gasteiger charge is -2.33. The number of benzene rings is 2. The molecule has 2 aromatic carbocycles. The Labute approximate surface area is 168 Å². The third-order valence-electron chi connectivity index (χ3n) is 4.68. The molecule has 0 saturated carbocycles. The fraction of sp³-hybridized carbons (Fsp3) is 0.286. The second-order valence-corrected chi connectivity index (χ2v) is 8.01. The van der Waals surface area contributed by atoms with Gasteiger partial charge in [0.1, 0.15) is 5.25 Å². The smallest absolute Gasteiger partial charge is 0.240 e. The number of hydrogen-bond donors (Lipinski definition) is 2. The minimum Gasteiger partial charge on any atom is -0.325 e. The molecule has 7 heteroatoms. The van der Waals surface area contributed by atoms with Gasteiger partial charge in [0.05, 0.1) is 6.04 Å². The number of fused-ring (bicyclic) bond motifs is 1. The van der Waals surface area contributed by atoms with Crippen LogP contribution >= 0.6 is 11.8 Å². The molecule has 0 saturated heterocycles. The van der Waals surface area contributed by atoms with Gasteiger partial charge < -0.3 is 10.7 Å². The van der Waals surface area contributed by atoms with E-state index < -0.39 is 0 Å². The Hall–Kier alpha value is -2.80.